The van der Waals surface area contributed by atoms with Gasteiger partial charge in [-0.1, -0.05) is 48.5 Å². The smallest absolute Gasteiger partial charge is 0.410 e. The minimum Gasteiger partial charge on any atom is -0.448 e. The second-order valence-corrected chi connectivity index (χ2v) is 10.3. The van der Waals surface area contributed by atoms with E-state index in [2.05, 4.69) is 41.5 Å². The lowest BCUT2D eigenvalue weighted by Crippen LogP contribution is -2.48. The zero-order chi connectivity index (χ0) is 24.3. The summed E-state index contributed by atoms with van der Waals surface area (Å²) in [5, 5.41) is 4.43. The van der Waals surface area contributed by atoms with Gasteiger partial charge in [-0.25, -0.2) is 4.79 Å². The summed E-state index contributed by atoms with van der Waals surface area (Å²) in [6.07, 6.45) is 3.03. The van der Waals surface area contributed by atoms with Gasteiger partial charge in [0.15, 0.2) is 5.78 Å². The Balaban J connectivity index is 1.16. The number of Topliss-reactive ketones (excluding diaryl/α,β-unsaturated/α-hetero) is 1. The Bertz CT molecular complexity index is 1270. The van der Waals surface area contributed by atoms with Gasteiger partial charge in [0.1, 0.15) is 6.61 Å². The average molecular weight is 470 g/mol. The standard InChI is InChI=1S/C29H31N3O3/c1-17-27(18(2)31(3)30-17)28(33)19-14-20-12-13-21(15-19)32(20)29(34)35-16-26-24-10-6-4-8-22(24)23-9-5-7-11-25(23)26/h4-11,19-21,26H,12-16H2,1-3H3. The molecule has 1 amide bonds. The number of nitrogens with zero attached hydrogens (tertiary/aromatic N) is 3. The second kappa shape index (κ2) is 8.36. The van der Waals surface area contributed by atoms with Crippen LogP contribution in [-0.4, -0.2) is 45.2 Å². The number of ether oxygens (including phenoxy) is 1. The monoisotopic (exact) mass is 469 g/mol. The van der Waals surface area contributed by atoms with Crippen LogP contribution in [-0.2, 0) is 11.8 Å². The van der Waals surface area contributed by atoms with Crippen LogP contribution in [0.25, 0.3) is 11.1 Å². The van der Waals surface area contributed by atoms with Crippen LogP contribution in [0.3, 0.4) is 0 Å². The van der Waals surface area contributed by atoms with Gasteiger partial charge in [-0.3, -0.25) is 9.48 Å². The lowest BCUT2D eigenvalue weighted by atomic mass is 9.84. The summed E-state index contributed by atoms with van der Waals surface area (Å²) in [5.74, 6) is 0.170. The van der Waals surface area contributed by atoms with Crippen molar-refractivity contribution in [2.75, 3.05) is 6.61 Å². The van der Waals surface area contributed by atoms with Gasteiger partial charge in [0, 0.05) is 36.7 Å². The summed E-state index contributed by atoms with van der Waals surface area (Å²) < 4.78 is 7.75. The zero-order valence-corrected chi connectivity index (χ0v) is 20.5. The molecule has 3 aliphatic rings. The first kappa shape index (κ1) is 22.1. The van der Waals surface area contributed by atoms with Crippen LogP contribution in [0.2, 0.25) is 0 Å². The predicted molar refractivity (Wildman–Crippen MR) is 133 cm³/mol. The van der Waals surface area contributed by atoms with Crippen LogP contribution in [0.1, 0.15) is 64.5 Å². The summed E-state index contributed by atoms with van der Waals surface area (Å²) in [4.78, 5) is 28.6. The van der Waals surface area contributed by atoms with E-state index in [9.17, 15) is 9.59 Å². The van der Waals surface area contributed by atoms with E-state index in [0.29, 0.717) is 19.4 Å². The van der Waals surface area contributed by atoms with Gasteiger partial charge in [0.25, 0.3) is 0 Å². The van der Waals surface area contributed by atoms with E-state index in [0.717, 1.165) is 29.8 Å². The highest BCUT2D eigenvalue weighted by atomic mass is 16.6. The number of aryl methyl sites for hydroxylation is 2. The number of rotatable bonds is 4. The Kier molecular flexibility index (Phi) is 5.28. The molecule has 3 aromatic rings. The largest absolute Gasteiger partial charge is 0.448 e. The van der Waals surface area contributed by atoms with Gasteiger partial charge >= 0.3 is 6.09 Å². The second-order valence-electron chi connectivity index (χ2n) is 10.3. The van der Waals surface area contributed by atoms with E-state index in [1.807, 2.05) is 37.9 Å². The van der Waals surface area contributed by atoms with E-state index >= 15 is 0 Å². The van der Waals surface area contributed by atoms with Gasteiger partial charge in [0.05, 0.1) is 11.3 Å². The van der Waals surface area contributed by atoms with Crippen LogP contribution in [0, 0.1) is 19.8 Å². The van der Waals surface area contributed by atoms with Gasteiger partial charge in [0.2, 0.25) is 0 Å². The molecule has 2 atom stereocenters. The topological polar surface area (TPSA) is 64.4 Å². The van der Waals surface area contributed by atoms with E-state index in [1.54, 1.807) is 4.68 Å². The van der Waals surface area contributed by atoms with Gasteiger partial charge in [-0.2, -0.15) is 5.10 Å². The highest BCUT2D eigenvalue weighted by Gasteiger charge is 2.46. The van der Waals surface area contributed by atoms with Gasteiger partial charge in [-0.15, -0.1) is 0 Å². The molecular weight excluding hydrogens is 438 g/mol. The number of hydrogen-bond acceptors (Lipinski definition) is 4. The normalized spacial score (nSPS) is 22.7. The highest BCUT2D eigenvalue weighted by Crippen LogP contribution is 2.45. The number of amides is 1. The van der Waals surface area contributed by atoms with Crippen LogP contribution in [0.5, 0.6) is 0 Å². The number of piperidine rings is 1. The summed E-state index contributed by atoms with van der Waals surface area (Å²) in [7, 11) is 1.88. The minimum atomic E-state index is -0.237. The molecule has 0 N–H and O–H groups in total. The Morgan fingerprint density at radius 1 is 0.943 bits per heavy atom. The van der Waals surface area contributed by atoms with Gasteiger partial charge < -0.3 is 9.64 Å². The van der Waals surface area contributed by atoms with Crippen molar-refractivity contribution in [2.45, 2.75) is 57.5 Å². The molecule has 2 unspecified atom stereocenters. The first-order valence-corrected chi connectivity index (χ1v) is 12.6. The molecule has 2 saturated heterocycles. The number of benzene rings is 2. The van der Waals surface area contributed by atoms with Crippen LogP contribution in [0.15, 0.2) is 48.5 Å². The molecule has 0 radical (unpaired) electrons. The molecule has 6 rings (SSSR count). The number of fused-ring (bicyclic) bond motifs is 5. The number of hydrogen-bond donors (Lipinski definition) is 0. The molecule has 0 spiro atoms. The Morgan fingerprint density at radius 3 is 2.06 bits per heavy atom. The summed E-state index contributed by atoms with van der Waals surface area (Å²) in [6, 6.07) is 16.9. The zero-order valence-electron chi connectivity index (χ0n) is 20.5. The molecule has 6 heteroatoms. The fourth-order valence-electron chi connectivity index (χ4n) is 6.69. The van der Waals surface area contributed by atoms with E-state index < -0.39 is 0 Å². The Hall–Kier alpha value is -3.41. The first-order valence-electron chi connectivity index (χ1n) is 12.6. The summed E-state index contributed by atoms with van der Waals surface area (Å²) in [5.41, 5.74) is 7.35. The molecule has 6 nitrogen and oxygen atoms in total. The molecule has 0 saturated carbocycles. The number of carbonyl (C=O) groups is 2. The minimum absolute atomic E-state index is 0.0552. The third-order valence-electron chi connectivity index (χ3n) is 8.41. The van der Waals surface area contributed by atoms with Crippen LogP contribution in [0.4, 0.5) is 4.79 Å². The van der Waals surface area contributed by atoms with E-state index in [1.165, 1.54) is 22.3 Å². The molecule has 2 aliphatic heterocycles. The number of aromatic nitrogens is 2. The third-order valence-corrected chi connectivity index (χ3v) is 8.41. The van der Waals surface area contributed by atoms with E-state index in [-0.39, 0.29) is 35.8 Å². The molecule has 2 bridgehead atoms. The van der Waals surface area contributed by atoms with Crippen molar-refractivity contribution >= 4 is 11.9 Å². The quantitative estimate of drug-likeness (QED) is 0.479. The average Bonchev–Trinajstić information content (AvgIpc) is 3.42. The fourth-order valence-corrected chi connectivity index (χ4v) is 6.69. The maximum atomic E-state index is 13.4. The number of carbonyl (C=O) groups excluding carboxylic acids is 2. The lowest BCUT2D eigenvalue weighted by Gasteiger charge is -2.37. The van der Waals surface area contributed by atoms with Crippen molar-refractivity contribution in [3.05, 3.63) is 76.6 Å². The van der Waals surface area contributed by atoms with Crippen molar-refractivity contribution < 1.29 is 14.3 Å². The maximum Gasteiger partial charge on any atom is 0.410 e. The fraction of sp³-hybridized carbons (Fsp3) is 0.414. The maximum absolute atomic E-state index is 13.4. The van der Waals surface area contributed by atoms with E-state index in [4.69, 9.17) is 4.74 Å². The van der Waals surface area contributed by atoms with Crippen LogP contribution < -0.4 is 0 Å². The molecule has 1 aliphatic carbocycles. The molecule has 1 aromatic heterocycles. The molecule has 2 fully saturated rings. The SMILES string of the molecule is Cc1nn(C)c(C)c1C(=O)C1CC2CCC(C1)N2C(=O)OCC1c2ccccc2-c2ccccc21. The summed E-state index contributed by atoms with van der Waals surface area (Å²) in [6.45, 7) is 4.19. The van der Waals surface area contributed by atoms with Crippen molar-refractivity contribution in [3.8, 4) is 11.1 Å². The lowest BCUT2D eigenvalue weighted by molar-refractivity contribution is 0.0505. The number of ketones is 1. The molecular formula is C29H31N3O3. The van der Waals surface area contributed by atoms with Crippen molar-refractivity contribution in [3.63, 3.8) is 0 Å². The Labute approximate surface area is 205 Å². The molecule has 35 heavy (non-hydrogen) atoms. The van der Waals surface area contributed by atoms with Crippen molar-refractivity contribution in [1.29, 1.82) is 0 Å². The molecule has 2 aromatic carbocycles. The Morgan fingerprint density at radius 2 is 1.51 bits per heavy atom. The third kappa shape index (κ3) is 3.49. The first-order chi connectivity index (χ1) is 16.9. The predicted octanol–water partition coefficient (Wildman–Crippen LogP) is 5.41. The molecule has 180 valence electrons. The van der Waals surface area contributed by atoms with Crippen molar-refractivity contribution in [1.82, 2.24) is 14.7 Å². The summed E-state index contributed by atoms with van der Waals surface area (Å²) >= 11 is 0. The van der Waals surface area contributed by atoms with Crippen LogP contribution >= 0.6 is 0 Å². The molecule has 3 heterocycles. The van der Waals surface area contributed by atoms with Crippen molar-refractivity contribution in [2.24, 2.45) is 13.0 Å². The van der Waals surface area contributed by atoms with Gasteiger partial charge in [-0.05, 0) is 61.8 Å². The highest BCUT2D eigenvalue weighted by molar-refractivity contribution is 6.00.